The molecule has 0 bridgehead atoms. The fourth-order valence-corrected chi connectivity index (χ4v) is 4.73. The van der Waals surface area contributed by atoms with Gasteiger partial charge in [-0.1, -0.05) is 24.3 Å². The van der Waals surface area contributed by atoms with Crippen LogP contribution in [0.25, 0.3) is 11.0 Å². The van der Waals surface area contributed by atoms with E-state index in [-0.39, 0.29) is 0 Å². The molecule has 24 heavy (non-hydrogen) atoms. The number of H-pyrrole nitrogens is 1. The molecule has 0 saturated carbocycles. The predicted octanol–water partition coefficient (Wildman–Crippen LogP) is 3.81. The molecule has 0 spiro atoms. The molecule has 2 heterocycles. The first-order chi connectivity index (χ1) is 11.7. The maximum Gasteiger partial charge on any atom is 0.327 e. The highest BCUT2D eigenvalue weighted by Crippen LogP contribution is 2.36. The third-order valence-electron chi connectivity index (χ3n) is 4.72. The molecule has 4 nitrogen and oxygen atoms in total. The molecule has 2 aromatic carbocycles. The molecular formula is C19H21N3OS. The summed E-state index contributed by atoms with van der Waals surface area (Å²) in [5.41, 5.74) is 5.37. The van der Waals surface area contributed by atoms with Crippen molar-refractivity contribution in [3.8, 4) is 0 Å². The van der Waals surface area contributed by atoms with Gasteiger partial charge in [0.25, 0.3) is 0 Å². The van der Waals surface area contributed by atoms with Crippen molar-refractivity contribution in [3.63, 3.8) is 0 Å². The molecule has 3 aromatic rings. The highest BCUT2D eigenvalue weighted by Gasteiger charge is 2.29. The molecule has 1 aromatic heterocycles. The Bertz CT molecular complexity index is 889. The van der Waals surface area contributed by atoms with Crippen LogP contribution in [0.1, 0.15) is 24.5 Å². The predicted molar refractivity (Wildman–Crippen MR) is 98.2 cm³/mol. The Morgan fingerprint density at radius 3 is 2.88 bits per heavy atom. The first-order valence-corrected chi connectivity index (χ1v) is 9.58. The first-order valence-electron chi connectivity index (χ1n) is 8.43. The number of rotatable bonds is 3. The van der Waals surface area contributed by atoms with Crippen molar-refractivity contribution in [2.75, 3.05) is 18.0 Å². The van der Waals surface area contributed by atoms with Gasteiger partial charge in [0.1, 0.15) is 0 Å². The molecule has 0 amide bonds. The Hall–Kier alpha value is -1.98. The van der Waals surface area contributed by atoms with E-state index in [1.165, 1.54) is 5.56 Å². The molecule has 1 unspecified atom stereocenters. The summed E-state index contributed by atoms with van der Waals surface area (Å²) >= 11 is -1.31. The van der Waals surface area contributed by atoms with Crippen molar-refractivity contribution in [2.24, 2.45) is 0 Å². The van der Waals surface area contributed by atoms with Gasteiger partial charge in [0.2, 0.25) is 0 Å². The molecule has 5 heteroatoms. The number of para-hydroxylation sites is 2. The minimum Gasteiger partial charge on any atom is -0.604 e. The molecule has 0 saturated heterocycles. The fraction of sp³-hybridized carbons (Fsp3) is 0.316. The minimum atomic E-state index is -1.31. The zero-order chi connectivity index (χ0) is 16.7. The van der Waals surface area contributed by atoms with Crippen molar-refractivity contribution in [1.29, 1.82) is 0 Å². The number of anilines is 1. The molecule has 4 rings (SSSR count). The van der Waals surface area contributed by atoms with Gasteiger partial charge in [-0.25, -0.2) is 0 Å². The fourth-order valence-electron chi connectivity index (χ4n) is 3.51. The Morgan fingerprint density at radius 2 is 2.08 bits per heavy atom. The van der Waals surface area contributed by atoms with Gasteiger partial charge in [0.05, 0.1) is 27.9 Å². The summed E-state index contributed by atoms with van der Waals surface area (Å²) in [7, 11) is 0. The number of hydrogen-bond acceptors (Lipinski definition) is 3. The van der Waals surface area contributed by atoms with Crippen molar-refractivity contribution < 1.29 is 4.55 Å². The highest BCUT2D eigenvalue weighted by molar-refractivity contribution is 7.91. The Morgan fingerprint density at radius 1 is 1.25 bits per heavy atom. The van der Waals surface area contributed by atoms with Crippen LogP contribution >= 0.6 is 0 Å². The Kier molecular flexibility index (Phi) is 3.98. The van der Waals surface area contributed by atoms with Crippen LogP contribution in [0, 0.1) is 6.92 Å². The average Bonchev–Trinajstić information content (AvgIpc) is 3.05. The second-order valence-corrected chi connectivity index (χ2v) is 7.59. The van der Waals surface area contributed by atoms with E-state index in [1.807, 2.05) is 37.3 Å². The van der Waals surface area contributed by atoms with Crippen LogP contribution in [0.3, 0.4) is 0 Å². The molecule has 0 aliphatic carbocycles. The van der Waals surface area contributed by atoms with E-state index in [9.17, 15) is 4.55 Å². The van der Waals surface area contributed by atoms with Crippen LogP contribution in [0.2, 0.25) is 0 Å². The molecule has 1 aliphatic heterocycles. The first kappa shape index (κ1) is 15.5. The number of aromatic nitrogens is 2. The maximum atomic E-state index is 13.3. The second kappa shape index (κ2) is 6.15. The SMILES string of the molecule is CCN1CCCc2cccc([S+]([O-])c3nc4c(C)cccc4[nH]3)c21. The molecule has 0 radical (unpaired) electrons. The van der Waals surface area contributed by atoms with E-state index in [1.54, 1.807) is 0 Å². The van der Waals surface area contributed by atoms with E-state index >= 15 is 0 Å². The van der Waals surface area contributed by atoms with Crippen molar-refractivity contribution >= 4 is 27.9 Å². The monoisotopic (exact) mass is 339 g/mol. The average molecular weight is 339 g/mol. The number of nitrogens with one attached hydrogen (secondary N) is 1. The normalized spacial score (nSPS) is 15.5. The molecule has 1 N–H and O–H groups in total. The summed E-state index contributed by atoms with van der Waals surface area (Å²) in [5, 5.41) is 0.536. The lowest BCUT2D eigenvalue weighted by molar-refractivity contribution is 0.586. The third kappa shape index (κ3) is 2.48. The quantitative estimate of drug-likeness (QED) is 0.738. The maximum absolute atomic E-state index is 13.3. The summed E-state index contributed by atoms with van der Waals surface area (Å²) in [6, 6.07) is 12.1. The van der Waals surface area contributed by atoms with Crippen molar-refractivity contribution in [3.05, 3.63) is 47.5 Å². The van der Waals surface area contributed by atoms with Crippen LogP contribution in [-0.4, -0.2) is 27.6 Å². The van der Waals surface area contributed by atoms with Gasteiger partial charge in [-0.2, -0.15) is 4.98 Å². The molecule has 1 atom stereocenters. The van der Waals surface area contributed by atoms with Gasteiger partial charge in [-0.3, -0.25) is 4.98 Å². The second-order valence-electron chi connectivity index (χ2n) is 6.23. The number of hydrogen-bond donors (Lipinski definition) is 1. The number of nitrogens with zero attached hydrogens (tertiary/aromatic N) is 2. The van der Waals surface area contributed by atoms with Crippen LogP contribution < -0.4 is 4.90 Å². The molecule has 124 valence electrons. The summed E-state index contributed by atoms with van der Waals surface area (Å²) in [4.78, 5) is 11.1. The standard InChI is InChI=1S/C19H21N3OS/c1-3-22-12-6-9-14-8-5-11-16(18(14)22)24(23)19-20-15-10-4-7-13(2)17(15)21-19/h4-5,7-8,10-11H,3,6,9,12H2,1-2H3,(H,20,21). The van der Waals surface area contributed by atoms with Gasteiger partial charge >= 0.3 is 5.16 Å². The van der Waals surface area contributed by atoms with Crippen LogP contribution in [0.4, 0.5) is 5.69 Å². The summed E-state index contributed by atoms with van der Waals surface area (Å²) in [6.45, 7) is 6.13. The summed E-state index contributed by atoms with van der Waals surface area (Å²) in [6.07, 6.45) is 2.21. The van der Waals surface area contributed by atoms with E-state index < -0.39 is 11.2 Å². The van der Waals surface area contributed by atoms with E-state index in [0.717, 1.165) is 53.1 Å². The Balaban J connectivity index is 1.82. The zero-order valence-corrected chi connectivity index (χ0v) is 14.8. The highest BCUT2D eigenvalue weighted by atomic mass is 32.2. The van der Waals surface area contributed by atoms with Crippen LogP contribution in [0.5, 0.6) is 0 Å². The summed E-state index contributed by atoms with van der Waals surface area (Å²) in [5.74, 6) is 0. The number of fused-ring (bicyclic) bond motifs is 2. The number of aromatic amines is 1. The minimum absolute atomic E-state index is 0.536. The van der Waals surface area contributed by atoms with Gasteiger partial charge in [-0.05, 0) is 49.9 Å². The smallest absolute Gasteiger partial charge is 0.327 e. The van der Waals surface area contributed by atoms with Gasteiger partial charge < -0.3 is 9.45 Å². The molecule has 1 aliphatic rings. The molecular weight excluding hydrogens is 318 g/mol. The van der Waals surface area contributed by atoms with Crippen molar-refractivity contribution in [2.45, 2.75) is 36.7 Å². The zero-order valence-electron chi connectivity index (χ0n) is 14.0. The lowest BCUT2D eigenvalue weighted by Crippen LogP contribution is -2.30. The lowest BCUT2D eigenvalue weighted by atomic mass is 10.0. The van der Waals surface area contributed by atoms with E-state index in [0.29, 0.717) is 5.16 Å². The summed E-state index contributed by atoms with van der Waals surface area (Å²) < 4.78 is 13.3. The van der Waals surface area contributed by atoms with Crippen molar-refractivity contribution in [1.82, 2.24) is 9.97 Å². The van der Waals surface area contributed by atoms with Gasteiger partial charge in [0, 0.05) is 13.1 Å². The molecule has 0 fully saturated rings. The van der Waals surface area contributed by atoms with Gasteiger partial charge in [0.15, 0.2) is 4.90 Å². The largest absolute Gasteiger partial charge is 0.604 e. The van der Waals surface area contributed by atoms with Crippen LogP contribution in [-0.2, 0) is 17.6 Å². The van der Waals surface area contributed by atoms with Crippen LogP contribution in [0.15, 0.2) is 46.5 Å². The topological polar surface area (TPSA) is 55.0 Å². The van der Waals surface area contributed by atoms with E-state index in [2.05, 4.69) is 27.9 Å². The Labute approximate surface area is 145 Å². The van der Waals surface area contributed by atoms with E-state index in [4.69, 9.17) is 0 Å². The van der Waals surface area contributed by atoms with Gasteiger partial charge in [-0.15, -0.1) is 0 Å². The lowest BCUT2D eigenvalue weighted by Gasteiger charge is -2.31. The number of aryl methyl sites for hydroxylation is 2. The number of benzene rings is 2. The number of imidazole rings is 1. The third-order valence-corrected chi connectivity index (χ3v) is 6.00.